The maximum Gasteiger partial charge on any atom is 0.310 e. The Morgan fingerprint density at radius 3 is 2.70 bits per heavy atom. The molecule has 0 atom stereocenters. The van der Waals surface area contributed by atoms with Crippen molar-refractivity contribution in [1.29, 1.82) is 0 Å². The van der Waals surface area contributed by atoms with Crippen molar-refractivity contribution in [3.05, 3.63) is 42.0 Å². The molecule has 0 amide bonds. The molecule has 2 rings (SSSR count). The number of rotatable bonds is 5. The summed E-state index contributed by atoms with van der Waals surface area (Å²) in [5.41, 5.74) is 7.13. The normalized spacial score (nSPS) is 10.8. The lowest BCUT2D eigenvalue weighted by Crippen LogP contribution is -2.13. The maximum absolute atomic E-state index is 11.8. The van der Waals surface area contributed by atoms with E-state index in [0.29, 0.717) is 11.5 Å². The minimum absolute atomic E-state index is 0.131. The Morgan fingerprint density at radius 1 is 1.35 bits per heavy atom. The van der Waals surface area contributed by atoms with Gasteiger partial charge < -0.3 is 10.5 Å². The van der Waals surface area contributed by atoms with Gasteiger partial charge >= 0.3 is 5.97 Å². The van der Waals surface area contributed by atoms with Crippen molar-refractivity contribution in [2.45, 2.75) is 32.9 Å². The summed E-state index contributed by atoms with van der Waals surface area (Å²) in [5.74, 6) is 0.346. The maximum atomic E-state index is 11.8. The van der Waals surface area contributed by atoms with Crippen molar-refractivity contribution in [3.8, 4) is 0 Å². The van der Waals surface area contributed by atoms with Gasteiger partial charge in [0, 0.05) is 11.7 Å². The van der Waals surface area contributed by atoms with E-state index < -0.39 is 0 Å². The van der Waals surface area contributed by atoms with Crippen LogP contribution in [0.3, 0.4) is 0 Å². The fourth-order valence-corrected chi connectivity index (χ4v) is 1.81. The molecule has 0 spiro atoms. The topological polar surface area (TPSA) is 83.0 Å². The number of benzene rings is 1. The zero-order chi connectivity index (χ0) is 14.5. The number of esters is 1. The third-order valence-corrected chi connectivity index (χ3v) is 2.83. The molecule has 106 valence electrons. The van der Waals surface area contributed by atoms with Crippen molar-refractivity contribution in [1.82, 2.24) is 14.8 Å². The zero-order valence-corrected chi connectivity index (χ0v) is 11.6. The molecule has 0 aliphatic heterocycles. The van der Waals surface area contributed by atoms with E-state index in [2.05, 4.69) is 10.1 Å². The van der Waals surface area contributed by atoms with E-state index in [-0.39, 0.29) is 25.0 Å². The molecular formula is C14H18N4O2. The Bertz CT molecular complexity index is 575. The van der Waals surface area contributed by atoms with Crippen LogP contribution in [0.2, 0.25) is 0 Å². The first kappa shape index (κ1) is 14.0. The standard InChI is InChI=1S/C14H18N4O2/c1-10(2)18-13(16-9-17-18)8-20-14(19)7-11-3-5-12(15)6-4-11/h3-6,9-10H,7-8,15H2,1-2H3. The molecule has 0 aliphatic rings. The molecule has 2 N–H and O–H groups in total. The summed E-state index contributed by atoms with van der Waals surface area (Å²) < 4.78 is 6.95. The highest BCUT2D eigenvalue weighted by Gasteiger charge is 2.11. The third-order valence-electron chi connectivity index (χ3n) is 2.83. The number of aromatic nitrogens is 3. The van der Waals surface area contributed by atoms with Gasteiger partial charge in [-0.15, -0.1) is 0 Å². The minimum Gasteiger partial charge on any atom is -0.457 e. The number of nitrogens with zero attached hydrogens (tertiary/aromatic N) is 3. The Morgan fingerprint density at radius 2 is 2.05 bits per heavy atom. The van der Waals surface area contributed by atoms with Gasteiger partial charge in [0.15, 0.2) is 12.4 Å². The summed E-state index contributed by atoms with van der Waals surface area (Å²) in [6, 6.07) is 7.33. The van der Waals surface area contributed by atoms with E-state index in [4.69, 9.17) is 10.5 Å². The fourth-order valence-electron chi connectivity index (χ4n) is 1.81. The number of anilines is 1. The lowest BCUT2D eigenvalue weighted by molar-refractivity contribution is -0.144. The average Bonchev–Trinajstić information content (AvgIpc) is 2.88. The average molecular weight is 274 g/mol. The van der Waals surface area contributed by atoms with E-state index in [1.165, 1.54) is 6.33 Å². The van der Waals surface area contributed by atoms with Crippen LogP contribution < -0.4 is 5.73 Å². The molecular weight excluding hydrogens is 256 g/mol. The lowest BCUT2D eigenvalue weighted by Gasteiger charge is -2.09. The van der Waals surface area contributed by atoms with Gasteiger partial charge in [-0.2, -0.15) is 5.10 Å². The Balaban J connectivity index is 1.89. The summed E-state index contributed by atoms with van der Waals surface area (Å²) in [5, 5.41) is 4.09. The summed E-state index contributed by atoms with van der Waals surface area (Å²) in [6.07, 6.45) is 1.68. The van der Waals surface area contributed by atoms with Gasteiger partial charge in [-0.25, -0.2) is 9.67 Å². The largest absolute Gasteiger partial charge is 0.457 e. The van der Waals surface area contributed by atoms with Crippen LogP contribution in [0.1, 0.15) is 31.3 Å². The monoisotopic (exact) mass is 274 g/mol. The van der Waals surface area contributed by atoms with Crippen LogP contribution in [-0.4, -0.2) is 20.7 Å². The predicted molar refractivity (Wildman–Crippen MR) is 74.8 cm³/mol. The molecule has 1 aromatic heterocycles. The van der Waals surface area contributed by atoms with Crippen LogP contribution >= 0.6 is 0 Å². The number of carbonyl (C=O) groups is 1. The van der Waals surface area contributed by atoms with Crippen molar-refractivity contribution in [2.75, 3.05) is 5.73 Å². The van der Waals surface area contributed by atoms with Crippen LogP contribution in [0.15, 0.2) is 30.6 Å². The summed E-state index contributed by atoms with van der Waals surface area (Å²) in [7, 11) is 0. The molecule has 0 saturated carbocycles. The van der Waals surface area contributed by atoms with Crippen LogP contribution in [-0.2, 0) is 22.6 Å². The summed E-state index contributed by atoms with van der Waals surface area (Å²) in [4.78, 5) is 15.8. The van der Waals surface area contributed by atoms with Crippen molar-refractivity contribution >= 4 is 11.7 Å². The number of carbonyl (C=O) groups excluding carboxylic acids is 1. The quantitative estimate of drug-likeness (QED) is 0.663. The predicted octanol–water partition coefficient (Wildman–Crippen LogP) is 1.73. The van der Waals surface area contributed by atoms with Crippen LogP contribution in [0.4, 0.5) is 5.69 Å². The second-order valence-corrected chi connectivity index (χ2v) is 4.79. The Kier molecular flexibility index (Phi) is 4.34. The first-order valence-corrected chi connectivity index (χ1v) is 6.44. The number of hydrogen-bond acceptors (Lipinski definition) is 5. The molecule has 0 saturated heterocycles. The number of nitrogen functional groups attached to an aromatic ring is 1. The SMILES string of the molecule is CC(C)n1ncnc1COC(=O)Cc1ccc(N)cc1. The van der Waals surface area contributed by atoms with E-state index in [9.17, 15) is 4.79 Å². The molecule has 20 heavy (non-hydrogen) atoms. The van der Waals surface area contributed by atoms with Gasteiger partial charge in [0.25, 0.3) is 0 Å². The highest BCUT2D eigenvalue weighted by Crippen LogP contribution is 2.09. The van der Waals surface area contributed by atoms with Gasteiger partial charge in [0.2, 0.25) is 0 Å². The third kappa shape index (κ3) is 3.57. The number of ether oxygens (including phenoxy) is 1. The van der Waals surface area contributed by atoms with Gasteiger partial charge in [-0.3, -0.25) is 4.79 Å². The molecule has 0 aliphatic carbocycles. The molecule has 0 radical (unpaired) electrons. The summed E-state index contributed by atoms with van der Waals surface area (Å²) in [6.45, 7) is 4.12. The van der Waals surface area contributed by atoms with Crippen molar-refractivity contribution in [2.24, 2.45) is 0 Å². The summed E-state index contributed by atoms with van der Waals surface area (Å²) >= 11 is 0. The zero-order valence-electron chi connectivity index (χ0n) is 11.6. The molecule has 1 heterocycles. The van der Waals surface area contributed by atoms with Gasteiger partial charge in [-0.1, -0.05) is 12.1 Å². The molecule has 0 unspecified atom stereocenters. The van der Waals surface area contributed by atoms with Gasteiger partial charge in [-0.05, 0) is 31.5 Å². The second kappa shape index (κ2) is 6.18. The van der Waals surface area contributed by atoms with E-state index >= 15 is 0 Å². The van der Waals surface area contributed by atoms with Gasteiger partial charge in [0.05, 0.1) is 6.42 Å². The van der Waals surface area contributed by atoms with Crippen LogP contribution in [0.25, 0.3) is 0 Å². The van der Waals surface area contributed by atoms with Gasteiger partial charge in [0.1, 0.15) is 6.33 Å². The molecule has 0 bridgehead atoms. The van der Waals surface area contributed by atoms with E-state index in [0.717, 1.165) is 5.56 Å². The smallest absolute Gasteiger partial charge is 0.310 e. The van der Waals surface area contributed by atoms with Crippen LogP contribution in [0, 0.1) is 0 Å². The lowest BCUT2D eigenvalue weighted by atomic mass is 10.1. The van der Waals surface area contributed by atoms with E-state index in [1.54, 1.807) is 16.8 Å². The van der Waals surface area contributed by atoms with Crippen molar-refractivity contribution < 1.29 is 9.53 Å². The molecule has 1 aromatic carbocycles. The number of nitrogens with two attached hydrogens (primary N) is 1. The minimum atomic E-state index is -0.298. The Labute approximate surface area is 117 Å². The highest BCUT2D eigenvalue weighted by atomic mass is 16.5. The fraction of sp³-hybridized carbons (Fsp3) is 0.357. The molecule has 2 aromatic rings. The van der Waals surface area contributed by atoms with Crippen molar-refractivity contribution in [3.63, 3.8) is 0 Å². The first-order valence-electron chi connectivity index (χ1n) is 6.44. The first-order chi connectivity index (χ1) is 9.56. The second-order valence-electron chi connectivity index (χ2n) is 4.79. The number of hydrogen-bond donors (Lipinski definition) is 1. The van der Waals surface area contributed by atoms with E-state index in [1.807, 2.05) is 26.0 Å². The molecule has 6 nitrogen and oxygen atoms in total. The highest BCUT2D eigenvalue weighted by molar-refractivity contribution is 5.72. The molecule has 0 fully saturated rings. The molecule has 6 heteroatoms. The van der Waals surface area contributed by atoms with Crippen LogP contribution in [0.5, 0.6) is 0 Å². The Hall–Kier alpha value is -2.37.